The quantitative estimate of drug-likeness (QED) is 0.809. The zero-order valence-corrected chi connectivity index (χ0v) is 10.3. The van der Waals surface area contributed by atoms with Gasteiger partial charge in [0.15, 0.2) is 21.4 Å². The fourth-order valence-electron chi connectivity index (χ4n) is 1.65. The lowest BCUT2D eigenvalue weighted by Gasteiger charge is -2.03. The van der Waals surface area contributed by atoms with Gasteiger partial charge in [-0.05, 0) is 25.0 Å². The van der Waals surface area contributed by atoms with E-state index in [-0.39, 0.29) is 16.6 Å². The number of hydrogen-bond acceptors (Lipinski definition) is 4. The van der Waals surface area contributed by atoms with E-state index in [0.717, 1.165) is 12.8 Å². The maximum atomic E-state index is 11.7. The van der Waals surface area contributed by atoms with Crippen molar-refractivity contribution in [2.75, 3.05) is 5.75 Å². The van der Waals surface area contributed by atoms with Gasteiger partial charge in [0.1, 0.15) is 0 Å². The van der Waals surface area contributed by atoms with E-state index < -0.39 is 21.6 Å². The molecule has 6 heteroatoms. The van der Waals surface area contributed by atoms with E-state index >= 15 is 0 Å². The maximum Gasteiger partial charge on any atom is 0.319 e. The molecule has 2 rings (SSSR count). The summed E-state index contributed by atoms with van der Waals surface area (Å²) in [7, 11) is -3.82. The third-order valence-corrected chi connectivity index (χ3v) is 4.38. The molecule has 0 amide bonds. The Balaban J connectivity index is 2.21. The van der Waals surface area contributed by atoms with Gasteiger partial charge >= 0.3 is 5.97 Å². The summed E-state index contributed by atoms with van der Waals surface area (Å²) in [5.74, 6) is -2.24. The number of carboxylic acid groups (broad SMARTS) is 1. The van der Waals surface area contributed by atoms with Crippen LogP contribution in [0.2, 0.25) is 0 Å². The maximum absolute atomic E-state index is 11.7. The summed E-state index contributed by atoms with van der Waals surface area (Å²) >= 11 is 0. The topological polar surface area (TPSA) is 88.5 Å². The molecule has 1 fully saturated rings. The van der Waals surface area contributed by atoms with Gasteiger partial charge in [0.2, 0.25) is 0 Å². The van der Waals surface area contributed by atoms with Crippen molar-refractivity contribution in [2.45, 2.75) is 17.7 Å². The zero-order valence-electron chi connectivity index (χ0n) is 9.50. The van der Waals surface area contributed by atoms with Crippen LogP contribution in [0.4, 0.5) is 0 Å². The molecule has 0 aromatic heterocycles. The summed E-state index contributed by atoms with van der Waals surface area (Å²) in [5, 5.41) is 8.50. The monoisotopic (exact) mass is 268 g/mol. The first-order valence-corrected chi connectivity index (χ1v) is 7.14. The average Bonchev–Trinajstić information content (AvgIpc) is 3.10. The van der Waals surface area contributed by atoms with Gasteiger partial charge in [-0.2, -0.15) is 0 Å². The van der Waals surface area contributed by atoms with Crippen LogP contribution in [0.3, 0.4) is 0 Å². The smallest absolute Gasteiger partial charge is 0.319 e. The highest BCUT2D eigenvalue weighted by Gasteiger charge is 2.30. The molecule has 0 saturated heterocycles. The highest BCUT2D eigenvalue weighted by Crippen LogP contribution is 2.32. The van der Waals surface area contributed by atoms with E-state index in [1.807, 2.05) is 0 Å². The van der Waals surface area contributed by atoms with Crippen molar-refractivity contribution in [3.05, 3.63) is 29.8 Å². The normalized spacial score (nSPS) is 15.3. The van der Waals surface area contributed by atoms with Crippen molar-refractivity contribution in [1.29, 1.82) is 0 Å². The summed E-state index contributed by atoms with van der Waals surface area (Å²) < 4.78 is 23.2. The SMILES string of the molecule is O=C(O)CS(=O)(=O)c1ccc(C(=O)C2CC2)cc1. The predicted molar refractivity (Wildman–Crippen MR) is 63.2 cm³/mol. The number of carbonyl (C=O) groups excluding carboxylic acids is 1. The van der Waals surface area contributed by atoms with Crippen molar-refractivity contribution in [1.82, 2.24) is 0 Å². The minimum absolute atomic E-state index is 0.0252. The van der Waals surface area contributed by atoms with E-state index in [2.05, 4.69) is 0 Å². The summed E-state index contributed by atoms with van der Waals surface area (Å²) in [5.41, 5.74) is 0.478. The van der Waals surface area contributed by atoms with Gasteiger partial charge in [-0.1, -0.05) is 12.1 Å². The summed E-state index contributed by atoms with van der Waals surface area (Å²) in [4.78, 5) is 22.1. The second-order valence-corrected chi connectivity index (χ2v) is 6.31. The molecule has 1 aliphatic carbocycles. The number of Topliss-reactive ketones (excluding diaryl/α,β-unsaturated/α-hetero) is 1. The standard InChI is InChI=1S/C12H12O5S/c13-11(14)7-18(16,17)10-5-3-9(4-6-10)12(15)8-1-2-8/h3-6,8H,1-2,7H2,(H,13,14). The van der Waals surface area contributed by atoms with E-state index in [1.165, 1.54) is 24.3 Å². The molecule has 1 aromatic rings. The van der Waals surface area contributed by atoms with Crippen LogP contribution in [-0.4, -0.2) is 31.0 Å². The molecule has 0 unspecified atom stereocenters. The first-order chi connectivity index (χ1) is 8.40. The summed E-state index contributed by atoms with van der Waals surface area (Å²) in [6, 6.07) is 5.45. The van der Waals surface area contributed by atoms with Crippen LogP contribution in [0, 0.1) is 5.92 Å². The fraction of sp³-hybridized carbons (Fsp3) is 0.333. The fourth-order valence-corrected chi connectivity index (χ4v) is 2.70. The first-order valence-electron chi connectivity index (χ1n) is 5.49. The number of sulfone groups is 1. The molecule has 18 heavy (non-hydrogen) atoms. The Morgan fingerprint density at radius 1 is 1.17 bits per heavy atom. The van der Waals surface area contributed by atoms with E-state index in [0.29, 0.717) is 5.56 Å². The highest BCUT2D eigenvalue weighted by molar-refractivity contribution is 7.92. The molecule has 0 aliphatic heterocycles. The largest absolute Gasteiger partial charge is 0.480 e. The first kappa shape index (κ1) is 12.8. The molecule has 1 aromatic carbocycles. The average molecular weight is 268 g/mol. The second kappa shape index (κ2) is 4.53. The molecule has 0 heterocycles. The van der Waals surface area contributed by atoms with E-state index in [1.54, 1.807) is 0 Å². The minimum atomic E-state index is -3.82. The van der Waals surface area contributed by atoms with Crippen LogP contribution in [0.15, 0.2) is 29.2 Å². The van der Waals surface area contributed by atoms with Crippen LogP contribution >= 0.6 is 0 Å². The molecule has 96 valence electrons. The minimum Gasteiger partial charge on any atom is -0.480 e. The predicted octanol–water partition coefficient (Wildman–Crippen LogP) is 1.14. The van der Waals surface area contributed by atoms with Crippen molar-refractivity contribution in [3.8, 4) is 0 Å². The second-order valence-electron chi connectivity index (χ2n) is 4.32. The van der Waals surface area contributed by atoms with Crippen molar-refractivity contribution >= 4 is 21.6 Å². The number of ketones is 1. The highest BCUT2D eigenvalue weighted by atomic mass is 32.2. The van der Waals surface area contributed by atoms with Gasteiger partial charge in [-0.15, -0.1) is 0 Å². The lowest BCUT2D eigenvalue weighted by atomic mass is 10.1. The molecule has 0 spiro atoms. The summed E-state index contributed by atoms with van der Waals surface area (Å²) in [6.45, 7) is 0. The lowest BCUT2D eigenvalue weighted by molar-refractivity contribution is -0.134. The van der Waals surface area contributed by atoms with E-state index in [4.69, 9.17) is 5.11 Å². The zero-order chi connectivity index (χ0) is 13.3. The Labute approximate surface area is 104 Å². The molecule has 1 N–H and O–H groups in total. The Bertz CT molecular complexity index is 581. The molecule has 0 atom stereocenters. The third kappa shape index (κ3) is 2.76. The third-order valence-electron chi connectivity index (χ3n) is 2.76. The lowest BCUT2D eigenvalue weighted by Crippen LogP contribution is -2.15. The van der Waals surface area contributed by atoms with Crippen molar-refractivity contribution in [3.63, 3.8) is 0 Å². The van der Waals surface area contributed by atoms with Gasteiger partial charge in [0.25, 0.3) is 0 Å². The van der Waals surface area contributed by atoms with Crippen LogP contribution in [0.1, 0.15) is 23.2 Å². The molecular formula is C12H12O5S. The van der Waals surface area contributed by atoms with Crippen LogP contribution in [-0.2, 0) is 14.6 Å². The number of carbonyl (C=O) groups is 2. The van der Waals surface area contributed by atoms with Gasteiger partial charge in [-0.3, -0.25) is 9.59 Å². The Kier molecular flexibility index (Phi) is 3.21. The number of carboxylic acids is 1. The van der Waals surface area contributed by atoms with Crippen LogP contribution in [0.5, 0.6) is 0 Å². The van der Waals surface area contributed by atoms with E-state index in [9.17, 15) is 18.0 Å². The van der Waals surface area contributed by atoms with Crippen LogP contribution in [0.25, 0.3) is 0 Å². The summed E-state index contributed by atoms with van der Waals surface area (Å²) in [6.07, 6.45) is 1.77. The van der Waals surface area contributed by atoms with Gasteiger partial charge in [0.05, 0.1) is 4.90 Å². The molecule has 1 aliphatic rings. The molecule has 1 saturated carbocycles. The molecule has 0 radical (unpaired) electrons. The molecule has 5 nitrogen and oxygen atoms in total. The van der Waals surface area contributed by atoms with Gasteiger partial charge in [-0.25, -0.2) is 8.42 Å². The van der Waals surface area contributed by atoms with Crippen LogP contribution < -0.4 is 0 Å². The molecule has 0 bridgehead atoms. The Hall–Kier alpha value is -1.69. The Morgan fingerprint density at radius 2 is 1.72 bits per heavy atom. The Morgan fingerprint density at radius 3 is 2.17 bits per heavy atom. The number of rotatable bonds is 5. The number of benzene rings is 1. The molecular weight excluding hydrogens is 256 g/mol. The van der Waals surface area contributed by atoms with Crippen molar-refractivity contribution < 1.29 is 23.1 Å². The van der Waals surface area contributed by atoms with Gasteiger partial charge < -0.3 is 5.11 Å². The number of aliphatic carboxylic acids is 1. The van der Waals surface area contributed by atoms with Crippen molar-refractivity contribution in [2.24, 2.45) is 5.92 Å². The van der Waals surface area contributed by atoms with Gasteiger partial charge in [0, 0.05) is 11.5 Å². The number of hydrogen-bond donors (Lipinski definition) is 1.